The van der Waals surface area contributed by atoms with Crippen LogP contribution in [0.3, 0.4) is 0 Å². The Morgan fingerprint density at radius 3 is 1.80 bits per heavy atom. The Hall–Kier alpha value is -4.78. The molecule has 0 radical (unpaired) electrons. The van der Waals surface area contributed by atoms with E-state index < -0.39 is 14.9 Å². The maximum atomic E-state index is 13.4. The first-order valence-electron chi connectivity index (χ1n) is 16.8. The van der Waals surface area contributed by atoms with E-state index in [2.05, 4.69) is 44.1 Å². The molecule has 0 bridgehead atoms. The number of nitrogens with one attached hydrogen (secondary N) is 2. The number of rotatable bonds is 19. The van der Waals surface area contributed by atoms with Crippen molar-refractivity contribution in [2.75, 3.05) is 71.0 Å². The van der Waals surface area contributed by atoms with Gasteiger partial charge in [-0.2, -0.15) is 0 Å². The molecule has 4 aromatic rings. The zero-order chi connectivity index (χ0) is 36.1. The van der Waals surface area contributed by atoms with Crippen molar-refractivity contribution >= 4 is 33.0 Å². The molecule has 12 heteroatoms. The first kappa shape index (κ1) is 38.0. The van der Waals surface area contributed by atoms with Crippen molar-refractivity contribution in [2.45, 2.75) is 30.1 Å². The third-order valence-corrected chi connectivity index (χ3v) is 9.75. The molecule has 0 aliphatic heterocycles. The van der Waals surface area contributed by atoms with Crippen molar-refractivity contribution in [3.8, 4) is 0 Å². The van der Waals surface area contributed by atoms with Gasteiger partial charge in [-0.1, -0.05) is 60.7 Å². The summed E-state index contributed by atoms with van der Waals surface area (Å²) >= 11 is 0. The van der Waals surface area contributed by atoms with E-state index in [1.807, 2.05) is 69.5 Å². The Morgan fingerprint density at radius 1 is 0.760 bits per heavy atom. The Morgan fingerprint density at radius 2 is 1.30 bits per heavy atom. The maximum absolute atomic E-state index is 13.4. The number of anilines is 2. The normalized spacial score (nSPS) is 11.6. The molecule has 0 aromatic heterocycles. The van der Waals surface area contributed by atoms with Gasteiger partial charge in [0.15, 0.2) is 0 Å². The second kappa shape index (κ2) is 18.3. The number of hydrogen-bond acceptors (Lipinski definition) is 8. The molecule has 0 atom stereocenters. The number of carbonyl (C=O) groups is 1. The molecule has 0 saturated carbocycles. The van der Waals surface area contributed by atoms with Crippen LogP contribution in [0.25, 0.3) is 0 Å². The van der Waals surface area contributed by atoms with Gasteiger partial charge < -0.3 is 20.0 Å². The van der Waals surface area contributed by atoms with Gasteiger partial charge in [0.2, 0.25) is 0 Å². The molecule has 11 nitrogen and oxygen atoms in total. The number of nitrogens with zero attached hydrogens (tertiary/aromatic N) is 4. The average molecular weight is 701 g/mol. The molecule has 50 heavy (non-hydrogen) atoms. The van der Waals surface area contributed by atoms with Crippen LogP contribution in [-0.2, 0) is 10.0 Å². The van der Waals surface area contributed by atoms with Gasteiger partial charge in [0.05, 0.1) is 9.82 Å². The minimum absolute atomic E-state index is 0.0729. The lowest BCUT2D eigenvalue weighted by Gasteiger charge is -2.24. The monoisotopic (exact) mass is 700 g/mol. The lowest BCUT2D eigenvalue weighted by Crippen LogP contribution is -2.35. The number of nitro benzene ring substituents is 1. The summed E-state index contributed by atoms with van der Waals surface area (Å²) in [6.45, 7) is 3.37. The fourth-order valence-corrected chi connectivity index (χ4v) is 6.85. The lowest BCUT2D eigenvalue weighted by molar-refractivity contribution is -0.384. The highest BCUT2D eigenvalue weighted by Gasteiger charge is 2.23. The van der Waals surface area contributed by atoms with Crippen LogP contribution in [0.5, 0.6) is 0 Å². The molecular weight excluding hydrogens is 653 g/mol. The van der Waals surface area contributed by atoms with Crippen molar-refractivity contribution < 1.29 is 18.1 Å². The fraction of sp³-hybridized carbons (Fsp3) is 0.342. The van der Waals surface area contributed by atoms with Crippen LogP contribution in [0.15, 0.2) is 108 Å². The number of sulfonamides is 1. The fourth-order valence-electron chi connectivity index (χ4n) is 5.77. The van der Waals surface area contributed by atoms with Crippen LogP contribution < -0.4 is 10.0 Å². The summed E-state index contributed by atoms with van der Waals surface area (Å²) in [5.41, 5.74) is 2.86. The van der Waals surface area contributed by atoms with Crippen molar-refractivity contribution in [1.29, 1.82) is 0 Å². The van der Waals surface area contributed by atoms with E-state index in [1.165, 1.54) is 24.3 Å². The second-order valence-corrected chi connectivity index (χ2v) is 14.5. The van der Waals surface area contributed by atoms with Crippen LogP contribution in [0.2, 0.25) is 0 Å². The SMILES string of the molecule is CN(C)CCCN(CCCN(C)C)C(=O)c1ccc(NS(=O)(=O)c2ccc(NCCC(c3ccccc3)c3ccccc3)c([N+](=O)[O-])c2)cc1. The lowest BCUT2D eigenvalue weighted by atomic mass is 9.88. The number of nitro groups is 1. The molecule has 0 heterocycles. The highest BCUT2D eigenvalue weighted by Crippen LogP contribution is 2.31. The van der Waals surface area contributed by atoms with Gasteiger partial charge in [-0.25, -0.2) is 8.42 Å². The van der Waals surface area contributed by atoms with Crippen LogP contribution in [-0.4, -0.2) is 94.9 Å². The van der Waals surface area contributed by atoms with Crippen molar-refractivity contribution in [3.05, 3.63) is 130 Å². The first-order valence-corrected chi connectivity index (χ1v) is 18.3. The molecule has 2 N–H and O–H groups in total. The summed E-state index contributed by atoms with van der Waals surface area (Å²) in [6.07, 6.45) is 2.33. The second-order valence-electron chi connectivity index (χ2n) is 12.8. The molecule has 266 valence electrons. The van der Waals surface area contributed by atoms with Gasteiger partial charge >= 0.3 is 0 Å². The van der Waals surface area contributed by atoms with Gasteiger partial charge in [0.1, 0.15) is 5.69 Å². The molecule has 0 spiro atoms. The van der Waals surface area contributed by atoms with E-state index in [1.54, 1.807) is 12.1 Å². The predicted octanol–water partition coefficient (Wildman–Crippen LogP) is 6.38. The molecule has 1 amide bonds. The third kappa shape index (κ3) is 11.1. The van der Waals surface area contributed by atoms with Gasteiger partial charge in [-0.15, -0.1) is 0 Å². The predicted molar refractivity (Wildman–Crippen MR) is 200 cm³/mol. The molecule has 4 aromatic carbocycles. The molecule has 0 saturated heterocycles. The highest BCUT2D eigenvalue weighted by atomic mass is 32.2. The maximum Gasteiger partial charge on any atom is 0.293 e. The van der Waals surface area contributed by atoms with Crippen molar-refractivity contribution in [1.82, 2.24) is 14.7 Å². The highest BCUT2D eigenvalue weighted by molar-refractivity contribution is 7.92. The molecular formula is C38H48N6O5S. The Balaban J connectivity index is 1.44. The summed E-state index contributed by atoms with van der Waals surface area (Å²) in [5.74, 6) is -0.0433. The molecule has 0 unspecified atom stereocenters. The van der Waals surface area contributed by atoms with Gasteiger partial charge in [-0.3, -0.25) is 19.6 Å². The van der Waals surface area contributed by atoms with E-state index in [0.717, 1.165) is 43.1 Å². The standard InChI is InChI=1S/C38H48N6O5S/c1-41(2)25-11-27-43(28-12-26-42(3)4)38(45)32-17-19-33(20-18-32)40-50(48,49)34-21-22-36(37(29-34)44(46)47)39-24-23-35(30-13-7-5-8-14-30)31-15-9-6-10-16-31/h5-10,13-22,29,35,39-40H,11-12,23-28H2,1-4H3. The van der Waals surface area contributed by atoms with Crippen molar-refractivity contribution in [3.63, 3.8) is 0 Å². The van der Waals surface area contributed by atoms with E-state index in [0.29, 0.717) is 31.6 Å². The smallest absolute Gasteiger partial charge is 0.293 e. The topological polar surface area (TPSA) is 128 Å². The third-order valence-electron chi connectivity index (χ3n) is 8.37. The Bertz CT molecular complexity index is 1730. The summed E-state index contributed by atoms with van der Waals surface area (Å²) in [5, 5.41) is 15.2. The number of benzene rings is 4. The van der Waals surface area contributed by atoms with Crippen LogP contribution in [0, 0.1) is 10.1 Å². The molecule has 0 aliphatic carbocycles. The van der Waals surface area contributed by atoms with Crippen LogP contribution in [0.4, 0.5) is 17.1 Å². The molecule has 4 rings (SSSR count). The Kier molecular flexibility index (Phi) is 13.9. The number of carbonyl (C=O) groups excluding carboxylic acids is 1. The van der Waals surface area contributed by atoms with E-state index in [9.17, 15) is 23.3 Å². The van der Waals surface area contributed by atoms with Crippen molar-refractivity contribution in [2.24, 2.45) is 0 Å². The minimum Gasteiger partial charge on any atom is -0.379 e. The quantitative estimate of drug-likeness (QED) is 0.0853. The van der Waals surface area contributed by atoms with Crippen LogP contribution in [0.1, 0.15) is 46.7 Å². The van der Waals surface area contributed by atoms with E-state index >= 15 is 0 Å². The average Bonchev–Trinajstić information content (AvgIpc) is 3.09. The van der Waals surface area contributed by atoms with Gasteiger partial charge in [0.25, 0.3) is 21.6 Å². The first-order chi connectivity index (χ1) is 23.9. The van der Waals surface area contributed by atoms with E-state index in [-0.39, 0.29) is 33.8 Å². The number of amides is 1. The summed E-state index contributed by atoms with van der Waals surface area (Å²) in [7, 11) is 3.82. The minimum atomic E-state index is -4.17. The Labute approximate surface area is 296 Å². The van der Waals surface area contributed by atoms with Gasteiger partial charge in [0, 0.05) is 42.9 Å². The summed E-state index contributed by atoms with van der Waals surface area (Å²) in [4.78, 5) is 30.6. The molecule has 0 aliphatic rings. The zero-order valence-electron chi connectivity index (χ0n) is 29.3. The zero-order valence-corrected chi connectivity index (χ0v) is 30.1. The van der Waals surface area contributed by atoms with Gasteiger partial charge in [-0.05, 0) is 108 Å². The summed E-state index contributed by atoms with van der Waals surface area (Å²) < 4.78 is 29.2. The molecule has 0 fully saturated rings. The van der Waals surface area contributed by atoms with Crippen LogP contribution >= 0.6 is 0 Å². The largest absolute Gasteiger partial charge is 0.379 e. The number of hydrogen-bond donors (Lipinski definition) is 2. The van der Waals surface area contributed by atoms with E-state index in [4.69, 9.17) is 0 Å². The summed E-state index contributed by atoms with van der Waals surface area (Å²) in [6, 6.07) is 30.2.